The lowest BCUT2D eigenvalue weighted by molar-refractivity contribution is -0.121. The Morgan fingerprint density at radius 2 is 1.80 bits per heavy atom. The minimum Gasteiger partial charge on any atom is -0.486 e. The predicted octanol–water partition coefficient (Wildman–Crippen LogP) is 3.23. The Morgan fingerprint density at radius 3 is 2.50 bits per heavy atom. The molecule has 6 heteroatoms. The molecule has 1 saturated carbocycles. The Hall–Kier alpha value is -2.73. The van der Waals surface area contributed by atoms with Crippen molar-refractivity contribution in [3.8, 4) is 11.5 Å². The van der Waals surface area contributed by atoms with E-state index in [1.54, 1.807) is 6.92 Å². The van der Waals surface area contributed by atoms with Crippen molar-refractivity contribution in [1.82, 2.24) is 5.32 Å². The number of aliphatic hydroxyl groups is 1. The van der Waals surface area contributed by atoms with Crippen molar-refractivity contribution < 1.29 is 19.4 Å². The molecule has 0 bridgehead atoms. The van der Waals surface area contributed by atoms with Gasteiger partial charge in [-0.2, -0.15) is 0 Å². The number of anilines is 1. The fourth-order valence-corrected chi connectivity index (χ4v) is 4.50. The van der Waals surface area contributed by atoms with Gasteiger partial charge in [-0.3, -0.25) is 4.79 Å². The van der Waals surface area contributed by atoms with E-state index in [0.29, 0.717) is 19.8 Å². The third kappa shape index (κ3) is 4.54. The van der Waals surface area contributed by atoms with Crippen molar-refractivity contribution in [3.05, 3.63) is 54.1 Å². The van der Waals surface area contributed by atoms with Gasteiger partial charge in [0, 0.05) is 12.2 Å². The van der Waals surface area contributed by atoms with Crippen molar-refractivity contribution in [2.75, 3.05) is 31.2 Å². The molecular formula is C24H30N2O4. The van der Waals surface area contributed by atoms with E-state index in [1.807, 2.05) is 53.4 Å². The van der Waals surface area contributed by atoms with Gasteiger partial charge >= 0.3 is 0 Å². The maximum absolute atomic E-state index is 13.1. The number of rotatable bonds is 7. The van der Waals surface area contributed by atoms with Crippen LogP contribution in [0.15, 0.2) is 48.5 Å². The second-order valence-corrected chi connectivity index (χ2v) is 8.26. The summed E-state index contributed by atoms with van der Waals surface area (Å²) in [4.78, 5) is 15.1. The van der Waals surface area contributed by atoms with Gasteiger partial charge in [0.2, 0.25) is 5.91 Å². The molecule has 160 valence electrons. The molecule has 0 aromatic heterocycles. The number of fused-ring (bicyclic) bond motifs is 1. The topological polar surface area (TPSA) is 71.0 Å². The van der Waals surface area contributed by atoms with Gasteiger partial charge in [0.25, 0.3) is 0 Å². The monoisotopic (exact) mass is 410 g/mol. The molecule has 1 fully saturated rings. The highest BCUT2D eigenvalue weighted by molar-refractivity contribution is 5.82. The zero-order valence-electron chi connectivity index (χ0n) is 17.5. The van der Waals surface area contributed by atoms with Crippen LogP contribution in [0.5, 0.6) is 11.5 Å². The van der Waals surface area contributed by atoms with Crippen LogP contribution in [0.25, 0.3) is 0 Å². The first-order valence-electron chi connectivity index (χ1n) is 10.7. The van der Waals surface area contributed by atoms with Gasteiger partial charge in [0.15, 0.2) is 11.5 Å². The van der Waals surface area contributed by atoms with Crippen molar-refractivity contribution in [2.24, 2.45) is 0 Å². The van der Waals surface area contributed by atoms with Crippen molar-refractivity contribution in [1.29, 1.82) is 0 Å². The van der Waals surface area contributed by atoms with Crippen molar-refractivity contribution in [3.63, 3.8) is 0 Å². The minimum absolute atomic E-state index is 0.0451. The number of para-hydroxylation sites is 1. The Morgan fingerprint density at radius 1 is 1.10 bits per heavy atom. The summed E-state index contributed by atoms with van der Waals surface area (Å²) in [5.41, 5.74) is 1.60. The third-order valence-corrected chi connectivity index (χ3v) is 5.87. The molecule has 30 heavy (non-hydrogen) atoms. The Kier molecular flexibility index (Phi) is 6.13. The van der Waals surface area contributed by atoms with E-state index in [0.717, 1.165) is 48.4 Å². The first-order chi connectivity index (χ1) is 14.6. The molecule has 1 aliphatic heterocycles. The van der Waals surface area contributed by atoms with Gasteiger partial charge in [-0.25, -0.2) is 0 Å². The SMILES string of the molecule is CC(O)CN(CC(=O)NC1(c2ccc3c(c2)OCCO3)CCCC1)c1ccccc1. The first-order valence-corrected chi connectivity index (χ1v) is 10.7. The average Bonchev–Trinajstić information content (AvgIpc) is 3.22. The van der Waals surface area contributed by atoms with Gasteiger partial charge in [-0.15, -0.1) is 0 Å². The highest BCUT2D eigenvalue weighted by atomic mass is 16.6. The molecule has 2 aromatic carbocycles. The van der Waals surface area contributed by atoms with Gasteiger partial charge in [0.1, 0.15) is 13.2 Å². The standard InChI is InChI=1S/C24H30N2O4/c1-18(27)16-26(20-7-3-2-4-8-20)17-23(28)25-24(11-5-6-12-24)19-9-10-21-22(15-19)30-14-13-29-21/h2-4,7-10,15,18,27H,5-6,11-14,16-17H2,1H3,(H,25,28). The number of nitrogens with one attached hydrogen (secondary N) is 1. The highest BCUT2D eigenvalue weighted by Gasteiger charge is 2.38. The second-order valence-electron chi connectivity index (χ2n) is 8.26. The van der Waals surface area contributed by atoms with Gasteiger partial charge in [-0.05, 0) is 49.6 Å². The van der Waals surface area contributed by atoms with E-state index in [-0.39, 0.29) is 18.0 Å². The molecule has 0 spiro atoms. The molecule has 6 nitrogen and oxygen atoms in total. The predicted molar refractivity (Wildman–Crippen MR) is 116 cm³/mol. The summed E-state index contributed by atoms with van der Waals surface area (Å²) < 4.78 is 11.4. The number of hydrogen-bond donors (Lipinski definition) is 2. The van der Waals surface area contributed by atoms with Crippen molar-refractivity contribution in [2.45, 2.75) is 44.2 Å². The van der Waals surface area contributed by atoms with Crippen LogP contribution in [0.4, 0.5) is 5.69 Å². The molecule has 1 aliphatic carbocycles. The number of carbonyl (C=O) groups excluding carboxylic acids is 1. The van der Waals surface area contributed by atoms with E-state index < -0.39 is 6.10 Å². The fraction of sp³-hybridized carbons (Fsp3) is 0.458. The molecule has 0 radical (unpaired) electrons. The van der Waals surface area contributed by atoms with Crippen LogP contribution in [-0.2, 0) is 10.3 Å². The van der Waals surface area contributed by atoms with Gasteiger partial charge < -0.3 is 24.8 Å². The molecule has 4 rings (SSSR count). The number of hydrogen-bond acceptors (Lipinski definition) is 5. The van der Waals surface area contributed by atoms with E-state index in [1.165, 1.54) is 0 Å². The van der Waals surface area contributed by atoms with Gasteiger partial charge in [-0.1, -0.05) is 37.1 Å². The number of ether oxygens (including phenoxy) is 2. The normalized spacial score (nSPS) is 17.9. The smallest absolute Gasteiger partial charge is 0.240 e. The summed E-state index contributed by atoms with van der Waals surface area (Å²) in [7, 11) is 0. The molecule has 1 atom stereocenters. The Balaban J connectivity index is 1.53. The average molecular weight is 411 g/mol. The van der Waals surface area contributed by atoms with E-state index >= 15 is 0 Å². The number of nitrogens with zero attached hydrogens (tertiary/aromatic N) is 1. The van der Waals surface area contributed by atoms with Crippen LogP contribution in [0.1, 0.15) is 38.2 Å². The van der Waals surface area contributed by atoms with Crippen LogP contribution >= 0.6 is 0 Å². The molecule has 1 heterocycles. The second kappa shape index (κ2) is 8.96. The summed E-state index contributed by atoms with van der Waals surface area (Å²) in [5, 5.41) is 13.3. The molecule has 1 amide bonds. The largest absolute Gasteiger partial charge is 0.486 e. The zero-order chi connectivity index (χ0) is 21.0. The Bertz CT molecular complexity index is 863. The maximum atomic E-state index is 13.1. The van der Waals surface area contributed by atoms with Crippen LogP contribution in [0.2, 0.25) is 0 Å². The van der Waals surface area contributed by atoms with E-state index in [4.69, 9.17) is 9.47 Å². The lowest BCUT2D eigenvalue weighted by Crippen LogP contribution is -2.49. The number of carbonyl (C=O) groups is 1. The molecule has 2 aliphatic rings. The lowest BCUT2D eigenvalue weighted by Gasteiger charge is -2.34. The summed E-state index contributed by atoms with van der Waals surface area (Å²) in [6, 6.07) is 15.8. The Labute approximate surface area is 177 Å². The number of amides is 1. The highest BCUT2D eigenvalue weighted by Crippen LogP contribution is 2.42. The molecule has 2 aromatic rings. The number of benzene rings is 2. The molecular weight excluding hydrogens is 380 g/mol. The summed E-state index contributed by atoms with van der Waals surface area (Å²) in [6.45, 7) is 3.44. The summed E-state index contributed by atoms with van der Waals surface area (Å²) in [5.74, 6) is 1.47. The van der Waals surface area contributed by atoms with E-state index in [9.17, 15) is 9.90 Å². The minimum atomic E-state index is -0.531. The summed E-state index contributed by atoms with van der Waals surface area (Å²) in [6.07, 6.45) is 3.42. The summed E-state index contributed by atoms with van der Waals surface area (Å²) >= 11 is 0. The molecule has 1 unspecified atom stereocenters. The van der Waals surface area contributed by atoms with Crippen molar-refractivity contribution >= 4 is 11.6 Å². The quantitative estimate of drug-likeness (QED) is 0.733. The third-order valence-electron chi connectivity index (χ3n) is 5.87. The van der Waals surface area contributed by atoms with Gasteiger partial charge in [0.05, 0.1) is 18.2 Å². The zero-order valence-corrected chi connectivity index (χ0v) is 17.5. The van der Waals surface area contributed by atoms with Crippen LogP contribution in [-0.4, -0.2) is 43.4 Å². The van der Waals surface area contributed by atoms with Crippen LogP contribution < -0.4 is 19.7 Å². The van der Waals surface area contributed by atoms with Crippen LogP contribution in [0.3, 0.4) is 0 Å². The number of aliphatic hydroxyl groups excluding tert-OH is 1. The molecule has 2 N–H and O–H groups in total. The van der Waals surface area contributed by atoms with Crippen LogP contribution in [0, 0.1) is 0 Å². The first kappa shape index (κ1) is 20.5. The molecule has 0 saturated heterocycles. The maximum Gasteiger partial charge on any atom is 0.240 e. The fourth-order valence-electron chi connectivity index (χ4n) is 4.50. The lowest BCUT2D eigenvalue weighted by atomic mass is 9.87. The van der Waals surface area contributed by atoms with E-state index in [2.05, 4.69) is 5.32 Å².